The molecule has 0 unspecified atom stereocenters. The second-order valence-corrected chi connectivity index (χ2v) is 2.20. The molecule has 0 spiro atoms. The van der Waals surface area contributed by atoms with Gasteiger partial charge in [0.05, 0.1) is 18.7 Å². The van der Waals surface area contributed by atoms with Gasteiger partial charge in [-0.05, 0) is 12.1 Å². The first-order valence-corrected chi connectivity index (χ1v) is 3.56. The van der Waals surface area contributed by atoms with E-state index >= 15 is 0 Å². The van der Waals surface area contributed by atoms with E-state index in [-0.39, 0.29) is 11.6 Å². The van der Waals surface area contributed by atoms with E-state index in [2.05, 4.69) is 9.72 Å². The summed E-state index contributed by atoms with van der Waals surface area (Å²) >= 11 is 5.42. The van der Waals surface area contributed by atoms with Crippen molar-refractivity contribution in [3.8, 4) is 5.75 Å². The van der Waals surface area contributed by atoms with Crippen LogP contribution in [0.1, 0.15) is 5.69 Å². The zero-order valence-electron chi connectivity index (χ0n) is 5.97. The summed E-state index contributed by atoms with van der Waals surface area (Å²) in [5.41, 5.74) is 0.505. The van der Waals surface area contributed by atoms with Gasteiger partial charge in [0, 0.05) is 0 Å². The molecule has 60 valence electrons. The molecular weight excluding hydrogens is 169 g/mol. The third-order valence-electron chi connectivity index (χ3n) is 1.23. The topological polar surface area (TPSA) is 22.1 Å². The van der Waals surface area contributed by atoms with Crippen molar-refractivity contribution in [2.45, 2.75) is 5.88 Å². The van der Waals surface area contributed by atoms with Crippen molar-refractivity contribution in [1.29, 1.82) is 0 Å². The molecule has 0 bridgehead atoms. The fraction of sp³-hybridized carbons (Fsp3) is 0.286. The minimum Gasteiger partial charge on any atom is -0.492 e. The van der Waals surface area contributed by atoms with E-state index in [0.717, 1.165) is 0 Å². The number of halogens is 2. The Bertz CT molecular complexity index is 254. The van der Waals surface area contributed by atoms with Crippen LogP contribution in [-0.2, 0) is 5.88 Å². The Balaban J connectivity index is 2.99. The maximum Gasteiger partial charge on any atom is 0.255 e. The third-order valence-corrected chi connectivity index (χ3v) is 1.50. The number of alkyl halides is 1. The number of hydrogen-bond donors (Lipinski definition) is 0. The van der Waals surface area contributed by atoms with Gasteiger partial charge in [0.25, 0.3) is 5.95 Å². The molecule has 2 nitrogen and oxygen atoms in total. The summed E-state index contributed by atoms with van der Waals surface area (Å²) in [5, 5.41) is 0. The Morgan fingerprint density at radius 2 is 2.36 bits per heavy atom. The van der Waals surface area contributed by atoms with E-state index < -0.39 is 5.95 Å². The number of methoxy groups -OCH3 is 1. The summed E-state index contributed by atoms with van der Waals surface area (Å²) in [7, 11) is 1.39. The Kier molecular flexibility index (Phi) is 2.65. The van der Waals surface area contributed by atoms with Crippen molar-refractivity contribution in [1.82, 2.24) is 4.98 Å². The largest absolute Gasteiger partial charge is 0.492 e. The van der Waals surface area contributed by atoms with Crippen LogP contribution in [0.3, 0.4) is 0 Å². The maximum absolute atomic E-state index is 12.7. The first-order chi connectivity index (χ1) is 5.27. The van der Waals surface area contributed by atoms with E-state index in [1.807, 2.05) is 0 Å². The summed E-state index contributed by atoms with van der Waals surface area (Å²) < 4.78 is 17.4. The molecule has 1 aromatic heterocycles. The van der Waals surface area contributed by atoms with Crippen LogP contribution in [0.15, 0.2) is 12.1 Å². The predicted molar refractivity (Wildman–Crippen MR) is 40.3 cm³/mol. The van der Waals surface area contributed by atoms with E-state index in [4.69, 9.17) is 11.6 Å². The zero-order chi connectivity index (χ0) is 8.27. The molecule has 0 saturated carbocycles. The van der Waals surface area contributed by atoms with Crippen LogP contribution in [0.25, 0.3) is 0 Å². The van der Waals surface area contributed by atoms with Crippen LogP contribution < -0.4 is 4.74 Å². The Labute approximate surface area is 69.0 Å². The van der Waals surface area contributed by atoms with Crippen molar-refractivity contribution < 1.29 is 9.13 Å². The van der Waals surface area contributed by atoms with Gasteiger partial charge >= 0.3 is 0 Å². The molecule has 0 aliphatic rings. The average molecular weight is 176 g/mol. The Morgan fingerprint density at radius 1 is 1.64 bits per heavy atom. The van der Waals surface area contributed by atoms with Crippen LogP contribution in [0.4, 0.5) is 4.39 Å². The molecule has 1 heterocycles. The number of hydrogen-bond acceptors (Lipinski definition) is 2. The lowest BCUT2D eigenvalue weighted by atomic mass is 10.4. The van der Waals surface area contributed by atoms with E-state index in [1.165, 1.54) is 13.2 Å². The molecule has 0 N–H and O–H groups in total. The minimum absolute atomic E-state index is 0.138. The Morgan fingerprint density at radius 3 is 2.82 bits per heavy atom. The van der Waals surface area contributed by atoms with Crippen molar-refractivity contribution in [2.75, 3.05) is 7.11 Å². The monoisotopic (exact) mass is 175 g/mol. The van der Waals surface area contributed by atoms with Crippen LogP contribution in [0.2, 0.25) is 0 Å². The SMILES string of the molecule is COc1ccc(CCl)nc1F. The molecule has 0 atom stereocenters. The van der Waals surface area contributed by atoms with Crippen molar-refractivity contribution in [3.05, 3.63) is 23.8 Å². The summed E-state index contributed by atoms with van der Waals surface area (Å²) in [6, 6.07) is 3.12. The van der Waals surface area contributed by atoms with Gasteiger partial charge in [-0.25, -0.2) is 4.98 Å². The summed E-state index contributed by atoms with van der Waals surface area (Å²) in [5.74, 6) is -0.273. The minimum atomic E-state index is -0.620. The maximum atomic E-state index is 12.7. The predicted octanol–water partition coefficient (Wildman–Crippen LogP) is 1.97. The number of rotatable bonds is 2. The van der Waals surface area contributed by atoms with Crippen LogP contribution in [0.5, 0.6) is 5.75 Å². The standard InChI is InChI=1S/C7H7ClFNO/c1-11-6-3-2-5(4-8)10-7(6)9/h2-3H,4H2,1H3. The summed E-state index contributed by atoms with van der Waals surface area (Å²) in [4.78, 5) is 3.54. The number of pyridine rings is 1. The molecule has 0 fully saturated rings. The van der Waals surface area contributed by atoms with Gasteiger partial charge in [0.15, 0.2) is 5.75 Å². The molecule has 0 aliphatic heterocycles. The highest BCUT2D eigenvalue weighted by molar-refractivity contribution is 6.16. The summed E-state index contributed by atoms with van der Waals surface area (Å²) in [6.45, 7) is 0. The first kappa shape index (κ1) is 8.27. The fourth-order valence-electron chi connectivity index (χ4n) is 0.686. The van der Waals surface area contributed by atoms with Crippen LogP contribution >= 0.6 is 11.6 Å². The van der Waals surface area contributed by atoms with Crippen LogP contribution in [0, 0.1) is 5.95 Å². The smallest absolute Gasteiger partial charge is 0.255 e. The molecule has 0 amide bonds. The number of nitrogens with zero attached hydrogens (tertiary/aromatic N) is 1. The first-order valence-electron chi connectivity index (χ1n) is 3.03. The van der Waals surface area contributed by atoms with Gasteiger partial charge in [-0.3, -0.25) is 0 Å². The van der Waals surface area contributed by atoms with Crippen molar-refractivity contribution in [3.63, 3.8) is 0 Å². The van der Waals surface area contributed by atoms with Gasteiger partial charge in [-0.15, -0.1) is 11.6 Å². The average Bonchev–Trinajstić information content (AvgIpc) is 2.04. The quantitative estimate of drug-likeness (QED) is 0.507. The lowest BCUT2D eigenvalue weighted by Gasteiger charge is -2.00. The molecule has 4 heteroatoms. The van der Waals surface area contributed by atoms with Crippen molar-refractivity contribution >= 4 is 11.6 Å². The molecule has 0 saturated heterocycles. The third kappa shape index (κ3) is 1.80. The molecule has 1 rings (SSSR count). The molecule has 1 aromatic rings. The van der Waals surface area contributed by atoms with E-state index in [9.17, 15) is 4.39 Å². The molecular formula is C7H7ClFNO. The second kappa shape index (κ2) is 3.53. The molecule has 0 radical (unpaired) electrons. The normalized spacial score (nSPS) is 9.73. The highest BCUT2D eigenvalue weighted by Crippen LogP contribution is 2.14. The van der Waals surface area contributed by atoms with E-state index in [1.54, 1.807) is 6.07 Å². The highest BCUT2D eigenvalue weighted by atomic mass is 35.5. The molecule has 0 aromatic carbocycles. The van der Waals surface area contributed by atoms with Gasteiger partial charge < -0.3 is 4.74 Å². The van der Waals surface area contributed by atoms with Gasteiger partial charge in [0.1, 0.15) is 0 Å². The lowest BCUT2D eigenvalue weighted by Crippen LogP contribution is -1.94. The summed E-state index contributed by atoms with van der Waals surface area (Å²) in [6.07, 6.45) is 0. The second-order valence-electron chi connectivity index (χ2n) is 1.93. The lowest BCUT2D eigenvalue weighted by molar-refractivity contribution is 0.377. The number of ether oxygens (including phenoxy) is 1. The van der Waals surface area contributed by atoms with Gasteiger partial charge in [0.2, 0.25) is 0 Å². The van der Waals surface area contributed by atoms with E-state index in [0.29, 0.717) is 5.69 Å². The number of aromatic nitrogens is 1. The van der Waals surface area contributed by atoms with Crippen molar-refractivity contribution in [2.24, 2.45) is 0 Å². The Hall–Kier alpha value is -0.830. The van der Waals surface area contributed by atoms with Gasteiger partial charge in [-0.1, -0.05) is 0 Å². The van der Waals surface area contributed by atoms with Gasteiger partial charge in [-0.2, -0.15) is 4.39 Å². The molecule has 11 heavy (non-hydrogen) atoms. The zero-order valence-corrected chi connectivity index (χ0v) is 6.73. The fourth-order valence-corrected chi connectivity index (χ4v) is 0.835. The van der Waals surface area contributed by atoms with Crippen LogP contribution in [-0.4, -0.2) is 12.1 Å². The molecule has 0 aliphatic carbocycles. The highest BCUT2D eigenvalue weighted by Gasteiger charge is 2.03.